The summed E-state index contributed by atoms with van der Waals surface area (Å²) in [5, 5.41) is 4.48. The Morgan fingerprint density at radius 3 is 2.03 bits per heavy atom. The quantitative estimate of drug-likeness (QED) is 0.541. The van der Waals surface area contributed by atoms with Gasteiger partial charge in [0, 0.05) is 22.6 Å². The average Bonchev–Trinajstić information content (AvgIpc) is 2.77. The van der Waals surface area contributed by atoms with E-state index in [1.54, 1.807) is 17.0 Å². The molecule has 2 aromatic carbocycles. The summed E-state index contributed by atoms with van der Waals surface area (Å²) >= 11 is 12.0. The fourth-order valence-electron chi connectivity index (χ4n) is 4.13. The van der Waals surface area contributed by atoms with E-state index in [0.29, 0.717) is 23.0 Å². The second kappa shape index (κ2) is 11.5. The molecule has 2 amide bonds. The lowest BCUT2D eigenvalue weighted by atomic mass is 9.95. The third-order valence-electron chi connectivity index (χ3n) is 5.87. The number of nitrogens with zero attached hydrogens (tertiary/aromatic N) is 1. The molecule has 1 atom stereocenters. The fraction of sp³-hybridized carbons (Fsp3) is 0.440. The predicted molar refractivity (Wildman–Crippen MR) is 126 cm³/mol. The highest BCUT2D eigenvalue weighted by Crippen LogP contribution is 2.20. The Bertz CT molecular complexity index is 862. The maximum absolute atomic E-state index is 13.4. The summed E-state index contributed by atoms with van der Waals surface area (Å²) in [5.74, 6) is -0.143. The molecule has 31 heavy (non-hydrogen) atoms. The fourth-order valence-corrected chi connectivity index (χ4v) is 4.38. The van der Waals surface area contributed by atoms with Crippen molar-refractivity contribution in [3.05, 3.63) is 69.7 Å². The standard InChI is InChI=1S/C25H30Cl2N2O2/c1-2-23(25(31)28-22-6-4-3-5-7-22)29(17-19-10-14-21(27)15-11-19)24(30)16-18-8-12-20(26)13-9-18/h8-15,22-23H,2-7,16-17H2,1H3,(H,28,31). The lowest BCUT2D eigenvalue weighted by molar-refractivity contribution is -0.141. The van der Waals surface area contributed by atoms with E-state index in [0.717, 1.165) is 36.8 Å². The molecule has 0 aromatic heterocycles. The number of nitrogens with one attached hydrogen (secondary N) is 1. The van der Waals surface area contributed by atoms with Crippen molar-refractivity contribution in [1.29, 1.82) is 0 Å². The van der Waals surface area contributed by atoms with Crippen LogP contribution in [0.2, 0.25) is 10.0 Å². The van der Waals surface area contributed by atoms with Gasteiger partial charge in [0.05, 0.1) is 6.42 Å². The molecule has 1 aliphatic rings. The van der Waals surface area contributed by atoms with E-state index in [2.05, 4.69) is 5.32 Å². The molecule has 0 saturated heterocycles. The van der Waals surface area contributed by atoms with Gasteiger partial charge in [-0.05, 0) is 54.7 Å². The van der Waals surface area contributed by atoms with Gasteiger partial charge < -0.3 is 10.2 Å². The molecule has 2 aromatic rings. The third-order valence-corrected chi connectivity index (χ3v) is 6.38. The Morgan fingerprint density at radius 2 is 1.48 bits per heavy atom. The molecule has 0 heterocycles. The van der Waals surface area contributed by atoms with Crippen molar-refractivity contribution >= 4 is 35.0 Å². The molecule has 3 rings (SSSR count). The van der Waals surface area contributed by atoms with Crippen LogP contribution in [0, 0.1) is 0 Å². The Labute approximate surface area is 194 Å². The van der Waals surface area contributed by atoms with Crippen LogP contribution in [0.25, 0.3) is 0 Å². The maximum Gasteiger partial charge on any atom is 0.243 e. The second-order valence-electron chi connectivity index (χ2n) is 8.22. The molecule has 166 valence electrons. The summed E-state index contributed by atoms with van der Waals surface area (Å²) in [4.78, 5) is 28.2. The summed E-state index contributed by atoms with van der Waals surface area (Å²) in [6, 6.07) is 14.4. The van der Waals surface area contributed by atoms with Crippen LogP contribution in [0.15, 0.2) is 48.5 Å². The van der Waals surface area contributed by atoms with E-state index in [4.69, 9.17) is 23.2 Å². The average molecular weight is 461 g/mol. The summed E-state index contributed by atoms with van der Waals surface area (Å²) in [5.41, 5.74) is 1.82. The van der Waals surface area contributed by atoms with Gasteiger partial charge in [-0.15, -0.1) is 0 Å². The molecule has 1 fully saturated rings. The van der Waals surface area contributed by atoms with E-state index < -0.39 is 6.04 Å². The number of halogens is 2. The second-order valence-corrected chi connectivity index (χ2v) is 9.09. The van der Waals surface area contributed by atoms with Crippen LogP contribution < -0.4 is 5.32 Å². The first-order chi connectivity index (χ1) is 15.0. The van der Waals surface area contributed by atoms with Gasteiger partial charge in [-0.1, -0.05) is 73.7 Å². The van der Waals surface area contributed by atoms with E-state index in [9.17, 15) is 9.59 Å². The normalized spacial score (nSPS) is 15.3. The molecule has 0 aliphatic heterocycles. The van der Waals surface area contributed by atoms with Crippen molar-refractivity contribution in [3.8, 4) is 0 Å². The van der Waals surface area contributed by atoms with Gasteiger partial charge in [0.25, 0.3) is 0 Å². The Kier molecular flexibility index (Phi) is 8.79. The molecule has 0 radical (unpaired) electrons. The number of benzene rings is 2. The van der Waals surface area contributed by atoms with E-state index in [1.165, 1.54) is 6.42 Å². The van der Waals surface area contributed by atoms with Crippen LogP contribution in [-0.2, 0) is 22.6 Å². The van der Waals surface area contributed by atoms with Crippen molar-refractivity contribution in [3.63, 3.8) is 0 Å². The van der Waals surface area contributed by atoms with Crippen LogP contribution >= 0.6 is 23.2 Å². The lowest BCUT2D eigenvalue weighted by Crippen LogP contribution is -2.51. The molecular formula is C25H30Cl2N2O2. The minimum absolute atomic E-state index is 0.0622. The summed E-state index contributed by atoms with van der Waals surface area (Å²) < 4.78 is 0. The Balaban J connectivity index is 1.79. The van der Waals surface area contributed by atoms with Gasteiger partial charge in [0.2, 0.25) is 11.8 Å². The highest BCUT2D eigenvalue weighted by molar-refractivity contribution is 6.30. The molecular weight excluding hydrogens is 431 g/mol. The van der Waals surface area contributed by atoms with Gasteiger partial charge in [-0.25, -0.2) is 0 Å². The van der Waals surface area contributed by atoms with Gasteiger partial charge in [0.1, 0.15) is 6.04 Å². The monoisotopic (exact) mass is 460 g/mol. The number of rotatable bonds is 8. The smallest absolute Gasteiger partial charge is 0.243 e. The van der Waals surface area contributed by atoms with Crippen LogP contribution in [-0.4, -0.2) is 28.8 Å². The number of amides is 2. The topological polar surface area (TPSA) is 49.4 Å². The Morgan fingerprint density at radius 1 is 0.935 bits per heavy atom. The minimum atomic E-state index is -0.516. The molecule has 6 heteroatoms. The first kappa shape index (κ1) is 23.6. The minimum Gasteiger partial charge on any atom is -0.352 e. The summed E-state index contributed by atoms with van der Waals surface area (Å²) in [6.45, 7) is 2.32. The number of carbonyl (C=O) groups excluding carboxylic acids is 2. The van der Waals surface area contributed by atoms with Gasteiger partial charge >= 0.3 is 0 Å². The van der Waals surface area contributed by atoms with E-state index >= 15 is 0 Å². The van der Waals surface area contributed by atoms with Crippen molar-refractivity contribution in [1.82, 2.24) is 10.2 Å². The largest absolute Gasteiger partial charge is 0.352 e. The molecule has 1 aliphatic carbocycles. The Hall–Kier alpha value is -2.04. The van der Waals surface area contributed by atoms with Crippen molar-refractivity contribution < 1.29 is 9.59 Å². The van der Waals surface area contributed by atoms with Crippen molar-refractivity contribution in [2.75, 3.05) is 0 Å². The molecule has 0 bridgehead atoms. The van der Waals surface area contributed by atoms with Crippen LogP contribution in [0.4, 0.5) is 0 Å². The lowest BCUT2D eigenvalue weighted by Gasteiger charge is -2.33. The molecule has 4 nitrogen and oxygen atoms in total. The molecule has 1 saturated carbocycles. The first-order valence-corrected chi connectivity index (χ1v) is 11.8. The number of hydrogen-bond donors (Lipinski definition) is 1. The summed E-state index contributed by atoms with van der Waals surface area (Å²) in [7, 11) is 0. The van der Waals surface area contributed by atoms with Gasteiger partial charge in [0.15, 0.2) is 0 Å². The third kappa shape index (κ3) is 6.98. The van der Waals surface area contributed by atoms with Gasteiger partial charge in [-0.2, -0.15) is 0 Å². The van der Waals surface area contributed by atoms with Crippen molar-refractivity contribution in [2.45, 2.75) is 70.5 Å². The zero-order valence-electron chi connectivity index (χ0n) is 17.9. The van der Waals surface area contributed by atoms with E-state index in [-0.39, 0.29) is 24.3 Å². The summed E-state index contributed by atoms with van der Waals surface area (Å²) in [6.07, 6.45) is 6.32. The molecule has 1 N–H and O–H groups in total. The zero-order valence-corrected chi connectivity index (χ0v) is 19.5. The maximum atomic E-state index is 13.4. The number of carbonyl (C=O) groups is 2. The predicted octanol–water partition coefficient (Wildman–Crippen LogP) is 5.79. The molecule has 0 spiro atoms. The van der Waals surface area contributed by atoms with Crippen LogP contribution in [0.1, 0.15) is 56.6 Å². The van der Waals surface area contributed by atoms with E-state index in [1.807, 2.05) is 43.3 Å². The highest BCUT2D eigenvalue weighted by atomic mass is 35.5. The van der Waals surface area contributed by atoms with Crippen molar-refractivity contribution in [2.24, 2.45) is 0 Å². The highest BCUT2D eigenvalue weighted by Gasteiger charge is 2.30. The first-order valence-electron chi connectivity index (χ1n) is 11.0. The molecule has 1 unspecified atom stereocenters. The van der Waals surface area contributed by atoms with Gasteiger partial charge in [-0.3, -0.25) is 9.59 Å². The zero-order chi connectivity index (χ0) is 22.2. The van der Waals surface area contributed by atoms with Crippen LogP contribution in [0.5, 0.6) is 0 Å². The van der Waals surface area contributed by atoms with Crippen LogP contribution in [0.3, 0.4) is 0 Å². The number of hydrogen-bond acceptors (Lipinski definition) is 2. The SMILES string of the molecule is CCC(C(=O)NC1CCCCC1)N(Cc1ccc(Cl)cc1)C(=O)Cc1ccc(Cl)cc1.